The minimum atomic E-state index is -0.337. The van der Waals surface area contributed by atoms with Gasteiger partial charge in [0.05, 0.1) is 5.02 Å². The molecule has 0 heterocycles. The maximum Gasteiger partial charge on any atom is 0.142 e. The molecule has 3 rings (SSSR count). The van der Waals surface area contributed by atoms with Crippen molar-refractivity contribution in [3.63, 3.8) is 0 Å². The van der Waals surface area contributed by atoms with Crippen LogP contribution in [0, 0.1) is 23.6 Å². The Morgan fingerprint density at radius 3 is 2.58 bits per heavy atom. The smallest absolute Gasteiger partial charge is 0.142 e. The van der Waals surface area contributed by atoms with Gasteiger partial charge < -0.3 is 0 Å². The summed E-state index contributed by atoms with van der Waals surface area (Å²) in [4.78, 5) is 0. The van der Waals surface area contributed by atoms with Crippen molar-refractivity contribution in [1.29, 1.82) is 0 Å². The van der Waals surface area contributed by atoms with Crippen molar-refractivity contribution >= 4 is 17.2 Å². The Morgan fingerprint density at radius 2 is 1.96 bits per heavy atom. The first-order valence-electron chi connectivity index (χ1n) is 9.51. The number of benzene rings is 1. The highest BCUT2D eigenvalue weighted by atomic mass is 35.5. The van der Waals surface area contributed by atoms with Gasteiger partial charge in [0.1, 0.15) is 5.82 Å². The second kappa shape index (κ2) is 8.34. The van der Waals surface area contributed by atoms with Gasteiger partial charge in [-0.05, 0) is 60.3 Å². The van der Waals surface area contributed by atoms with E-state index in [1.165, 1.54) is 51.0 Å². The first-order chi connectivity index (χ1) is 11.7. The molecule has 0 radical (unpaired) electrons. The molecular weight excluding hydrogens is 319 g/mol. The molecule has 1 saturated carbocycles. The summed E-state index contributed by atoms with van der Waals surface area (Å²) in [5, 5.41) is 0.192. The summed E-state index contributed by atoms with van der Waals surface area (Å²) in [6.07, 6.45) is 17.6. The lowest BCUT2D eigenvalue weighted by Crippen LogP contribution is -2.21. The first-order valence-corrected chi connectivity index (χ1v) is 9.89. The van der Waals surface area contributed by atoms with Crippen LogP contribution in [0.5, 0.6) is 0 Å². The third kappa shape index (κ3) is 4.30. The highest BCUT2D eigenvalue weighted by Gasteiger charge is 2.26. The Hall–Kier alpha value is -1.08. The van der Waals surface area contributed by atoms with Gasteiger partial charge in [0, 0.05) is 0 Å². The molecular formula is C22H28ClF. The van der Waals surface area contributed by atoms with Crippen molar-refractivity contribution in [3.05, 3.63) is 52.8 Å². The quantitative estimate of drug-likeness (QED) is 0.519. The second-order valence-corrected chi connectivity index (χ2v) is 7.88. The molecule has 24 heavy (non-hydrogen) atoms. The zero-order valence-corrected chi connectivity index (χ0v) is 15.4. The van der Waals surface area contributed by atoms with E-state index in [1.807, 2.05) is 6.07 Å². The Labute approximate surface area is 150 Å². The molecule has 0 bridgehead atoms. The van der Waals surface area contributed by atoms with Crippen LogP contribution in [-0.2, 0) is 0 Å². The van der Waals surface area contributed by atoms with Gasteiger partial charge in [0.15, 0.2) is 0 Å². The van der Waals surface area contributed by atoms with Crippen LogP contribution in [-0.4, -0.2) is 0 Å². The van der Waals surface area contributed by atoms with Gasteiger partial charge in [0.2, 0.25) is 0 Å². The van der Waals surface area contributed by atoms with Crippen LogP contribution >= 0.6 is 11.6 Å². The minimum absolute atomic E-state index is 0.192. The fourth-order valence-electron chi connectivity index (χ4n) is 4.27. The summed E-state index contributed by atoms with van der Waals surface area (Å²) in [7, 11) is 0. The summed E-state index contributed by atoms with van der Waals surface area (Å²) in [6.45, 7) is 2.29. The zero-order valence-electron chi connectivity index (χ0n) is 14.6. The van der Waals surface area contributed by atoms with Gasteiger partial charge in [-0.3, -0.25) is 0 Å². The van der Waals surface area contributed by atoms with Crippen LogP contribution in [0.15, 0.2) is 36.4 Å². The minimum Gasteiger partial charge on any atom is -0.205 e. The molecule has 1 atom stereocenters. The third-order valence-electron chi connectivity index (χ3n) is 5.85. The second-order valence-electron chi connectivity index (χ2n) is 7.47. The molecule has 1 aromatic rings. The van der Waals surface area contributed by atoms with Crippen LogP contribution in [0.3, 0.4) is 0 Å². The van der Waals surface area contributed by atoms with Crippen LogP contribution in [0.2, 0.25) is 5.02 Å². The van der Waals surface area contributed by atoms with E-state index in [9.17, 15) is 4.39 Å². The molecule has 1 aromatic carbocycles. The van der Waals surface area contributed by atoms with Gasteiger partial charge in [-0.25, -0.2) is 4.39 Å². The molecule has 0 aromatic heterocycles. The van der Waals surface area contributed by atoms with Crippen molar-refractivity contribution in [2.75, 3.05) is 0 Å². The van der Waals surface area contributed by atoms with Crippen molar-refractivity contribution in [1.82, 2.24) is 0 Å². The predicted molar refractivity (Wildman–Crippen MR) is 102 cm³/mol. The molecule has 130 valence electrons. The molecule has 0 aliphatic heterocycles. The largest absolute Gasteiger partial charge is 0.205 e. The Bertz CT molecular complexity index is 608. The van der Waals surface area contributed by atoms with Gasteiger partial charge in [-0.1, -0.05) is 74.9 Å². The molecule has 2 heteroatoms. The molecule has 1 fully saturated rings. The van der Waals surface area contributed by atoms with Crippen molar-refractivity contribution in [3.8, 4) is 0 Å². The fraction of sp³-hybridized carbons (Fsp3) is 0.545. The Kier molecular flexibility index (Phi) is 6.16. The maximum absolute atomic E-state index is 13.6. The van der Waals surface area contributed by atoms with Crippen molar-refractivity contribution in [2.24, 2.45) is 17.8 Å². The highest BCUT2D eigenvalue weighted by Crippen LogP contribution is 2.39. The molecule has 0 N–H and O–H groups in total. The van der Waals surface area contributed by atoms with Crippen LogP contribution in [0.1, 0.15) is 63.9 Å². The van der Waals surface area contributed by atoms with E-state index in [0.717, 1.165) is 29.4 Å². The predicted octanol–water partition coefficient (Wildman–Crippen LogP) is 7.44. The average molecular weight is 347 g/mol. The summed E-state index contributed by atoms with van der Waals surface area (Å²) in [5.74, 6) is 2.13. The molecule has 0 amide bonds. The van der Waals surface area contributed by atoms with E-state index in [-0.39, 0.29) is 10.8 Å². The van der Waals surface area contributed by atoms with E-state index in [2.05, 4.69) is 25.2 Å². The summed E-state index contributed by atoms with van der Waals surface area (Å²) >= 11 is 5.78. The lowest BCUT2D eigenvalue weighted by atomic mass is 9.72. The van der Waals surface area contributed by atoms with E-state index in [1.54, 1.807) is 6.07 Å². The zero-order chi connectivity index (χ0) is 16.9. The maximum atomic E-state index is 13.6. The SMILES string of the molecule is CCCC[C@H]1CC[C@H](C2C=CC(c3ccc(Cl)c(F)c3)=CC2)CC1. The Balaban J connectivity index is 1.54. The summed E-state index contributed by atoms with van der Waals surface area (Å²) < 4.78 is 13.6. The van der Waals surface area contributed by atoms with Crippen LogP contribution in [0.4, 0.5) is 4.39 Å². The molecule has 2 aliphatic carbocycles. The Morgan fingerprint density at radius 1 is 1.17 bits per heavy atom. The van der Waals surface area contributed by atoms with E-state index in [4.69, 9.17) is 11.6 Å². The number of rotatable bonds is 5. The van der Waals surface area contributed by atoms with Crippen LogP contribution in [0.25, 0.3) is 5.57 Å². The highest BCUT2D eigenvalue weighted by molar-refractivity contribution is 6.30. The standard InChI is InChI=1S/C22H28ClF/c1-2-3-4-16-5-7-17(8-6-16)18-9-11-19(12-10-18)20-13-14-21(23)22(24)15-20/h9,11-18H,2-8,10H2,1H3/t16-,17-,18?. The number of hydrogen-bond acceptors (Lipinski definition) is 0. The van der Waals surface area contributed by atoms with Gasteiger partial charge in [0.25, 0.3) is 0 Å². The number of unbranched alkanes of at least 4 members (excludes halogenated alkanes) is 1. The number of halogens is 2. The topological polar surface area (TPSA) is 0 Å². The van der Waals surface area contributed by atoms with Gasteiger partial charge in [-0.2, -0.15) is 0 Å². The molecule has 0 saturated heterocycles. The lowest BCUT2D eigenvalue weighted by Gasteiger charge is -2.33. The van der Waals surface area contributed by atoms with Gasteiger partial charge >= 0.3 is 0 Å². The van der Waals surface area contributed by atoms with E-state index < -0.39 is 0 Å². The first kappa shape index (κ1) is 17.7. The van der Waals surface area contributed by atoms with Crippen molar-refractivity contribution in [2.45, 2.75) is 58.3 Å². The van der Waals surface area contributed by atoms with Crippen LogP contribution < -0.4 is 0 Å². The monoisotopic (exact) mass is 346 g/mol. The van der Waals surface area contributed by atoms with Crippen molar-refractivity contribution < 1.29 is 4.39 Å². The summed E-state index contributed by atoms with van der Waals surface area (Å²) in [6, 6.07) is 5.09. The lowest BCUT2D eigenvalue weighted by molar-refractivity contribution is 0.219. The number of hydrogen-bond donors (Lipinski definition) is 0. The molecule has 1 unspecified atom stereocenters. The third-order valence-corrected chi connectivity index (χ3v) is 6.16. The molecule has 2 aliphatic rings. The normalized spacial score (nSPS) is 27.1. The van der Waals surface area contributed by atoms with E-state index in [0.29, 0.717) is 5.92 Å². The summed E-state index contributed by atoms with van der Waals surface area (Å²) in [5.41, 5.74) is 2.05. The van der Waals surface area contributed by atoms with E-state index >= 15 is 0 Å². The number of allylic oxidation sites excluding steroid dienone is 4. The fourth-order valence-corrected chi connectivity index (χ4v) is 4.39. The average Bonchev–Trinajstić information content (AvgIpc) is 2.63. The van der Waals surface area contributed by atoms with Gasteiger partial charge in [-0.15, -0.1) is 0 Å². The molecule has 0 spiro atoms. The molecule has 0 nitrogen and oxygen atoms in total.